The molecule has 1 spiro atoms. The molecule has 1 aromatic carbocycles. The highest BCUT2D eigenvalue weighted by molar-refractivity contribution is 6.08. The van der Waals surface area contributed by atoms with Gasteiger partial charge in [0.25, 0.3) is 0 Å². The molecule has 0 unspecified atom stereocenters. The van der Waals surface area contributed by atoms with Crippen LogP contribution in [0.1, 0.15) is 38.5 Å². The van der Waals surface area contributed by atoms with Crippen LogP contribution in [-0.4, -0.2) is 60.7 Å². The Balaban J connectivity index is 1.55. The van der Waals surface area contributed by atoms with Crippen LogP contribution in [0.4, 0.5) is 5.69 Å². The summed E-state index contributed by atoms with van der Waals surface area (Å²) < 4.78 is 5.11. The molecule has 3 rings (SSSR count). The minimum atomic E-state index is -0.613. The number of ether oxygens (including phenoxy) is 1. The number of nitrogens with one attached hydrogen (secondary N) is 1. The van der Waals surface area contributed by atoms with Gasteiger partial charge in [-0.05, 0) is 25.0 Å². The van der Waals surface area contributed by atoms with E-state index in [1.165, 1.54) is 19.1 Å². The minimum Gasteiger partial charge on any atom is -0.497 e. The van der Waals surface area contributed by atoms with Gasteiger partial charge in [-0.1, -0.05) is 25.3 Å². The number of nitrogens with zero attached hydrogens (tertiary/aromatic N) is 2. The number of likely N-dealkylation sites (tertiary alicyclic amines) is 1. The van der Waals surface area contributed by atoms with Crippen LogP contribution in [0.2, 0.25) is 0 Å². The fraction of sp³-hybridized carbons (Fsp3) is 0.524. The first kappa shape index (κ1) is 20.8. The van der Waals surface area contributed by atoms with Gasteiger partial charge in [-0.3, -0.25) is 24.1 Å². The topological polar surface area (TPSA) is 96.0 Å². The lowest BCUT2D eigenvalue weighted by Crippen LogP contribution is -2.45. The summed E-state index contributed by atoms with van der Waals surface area (Å²) in [4.78, 5) is 52.3. The molecule has 4 amide bonds. The van der Waals surface area contributed by atoms with Crippen molar-refractivity contribution in [2.75, 3.05) is 32.6 Å². The molecule has 0 radical (unpaired) electrons. The number of hydrogen-bond donors (Lipinski definition) is 1. The van der Waals surface area contributed by atoms with Gasteiger partial charge in [-0.15, -0.1) is 0 Å². The van der Waals surface area contributed by atoms with E-state index in [0.717, 1.165) is 24.2 Å². The summed E-state index contributed by atoms with van der Waals surface area (Å²) in [5.74, 6) is -0.739. The largest absolute Gasteiger partial charge is 0.497 e. The number of benzene rings is 1. The van der Waals surface area contributed by atoms with Crippen molar-refractivity contribution >= 4 is 29.3 Å². The van der Waals surface area contributed by atoms with Crippen LogP contribution in [0, 0.1) is 5.41 Å². The molecule has 0 aromatic heterocycles. The minimum absolute atomic E-state index is 0.183. The van der Waals surface area contributed by atoms with E-state index in [2.05, 4.69) is 5.32 Å². The second-order valence-electron chi connectivity index (χ2n) is 7.83. The normalized spacial score (nSPS) is 18.1. The fourth-order valence-corrected chi connectivity index (χ4v) is 4.10. The number of methoxy groups -OCH3 is 1. The zero-order valence-corrected chi connectivity index (χ0v) is 16.9. The molecule has 2 fully saturated rings. The fourth-order valence-electron chi connectivity index (χ4n) is 4.10. The maximum absolute atomic E-state index is 12.8. The average molecular weight is 401 g/mol. The zero-order chi connectivity index (χ0) is 21.0. The summed E-state index contributed by atoms with van der Waals surface area (Å²) in [6.07, 6.45) is 4.56. The number of amides is 4. The summed E-state index contributed by atoms with van der Waals surface area (Å²) in [5.41, 5.74) is -0.0582. The molecule has 1 N–H and O–H groups in total. The van der Waals surface area contributed by atoms with E-state index in [9.17, 15) is 19.2 Å². The molecule has 1 heterocycles. The number of imide groups is 1. The molecule has 0 bridgehead atoms. The number of carbonyl (C=O) groups excluding carboxylic acids is 4. The molecule has 1 aliphatic heterocycles. The molecule has 2 aliphatic rings. The maximum Gasteiger partial charge on any atom is 0.243 e. The number of carbonyl (C=O) groups is 4. The van der Waals surface area contributed by atoms with E-state index in [1.807, 2.05) is 0 Å². The highest BCUT2D eigenvalue weighted by Crippen LogP contribution is 2.45. The molecule has 0 atom stereocenters. The van der Waals surface area contributed by atoms with E-state index < -0.39 is 11.3 Å². The first-order valence-corrected chi connectivity index (χ1v) is 9.87. The Morgan fingerprint density at radius 2 is 1.93 bits per heavy atom. The number of rotatable bonds is 6. The third-order valence-corrected chi connectivity index (χ3v) is 5.75. The van der Waals surface area contributed by atoms with Crippen molar-refractivity contribution in [3.05, 3.63) is 24.3 Å². The zero-order valence-electron chi connectivity index (χ0n) is 16.9. The lowest BCUT2D eigenvalue weighted by molar-refractivity contribution is -0.147. The van der Waals surface area contributed by atoms with E-state index in [1.54, 1.807) is 24.3 Å². The van der Waals surface area contributed by atoms with Gasteiger partial charge in [0.05, 0.1) is 19.1 Å². The Hall–Kier alpha value is -2.90. The first-order valence-electron chi connectivity index (χ1n) is 9.87. The standard InChI is InChI=1S/C21H27N3O5/c1-23(13-17(25)22-15-7-6-8-16(11-15)29-2)19(27)14-24-18(26)12-21(20(24)28)9-4-3-5-10-21/h6-8,11H,3-5,9-10,12-14H2,1-2H3,(H,22,25). The number of anilines is 1. The highest BCUT2D eigenvalue weighted by Gasteiger charge is 2.51. The van der Waals surface area contributed by atoms with Crippen LogP contribution >= 0.6 is 0 Å². The van der Waals surface area contributed by atoms with Crippen LogP contribution in [-0.2, 0) is 19.2 Å². The second-order valence-corrected chi connectivity index (χ2v) is 7.83. The van der Waals surface area contributed by atoms with Crippen molar-refractivity contribution in [3.63, 3.8) is 0 Å². The van der Waals surface area contributed by atoms with Crippen molar-refractivity contribution in [3.8, 4) is 5.75 Å². The summed E-state index contributed by atoms with van der Waals surface area (Å²) >= 11 is 0. The molecule has 8 heteroatoms. The quantitative estimate of drug-likeness (QED) is 0.734. The Kier molecular flexibility index (Phi) is 6.20. The number of likely N-dealkylation sites (N-methyl/N-ethyl adjacent to an activating group) is 1. The molecule has 156 valence electrons. The van der Waals surface area contributed by atoms with Crippen molar-refractivity contribution in [1.29, 1.82) is 0 Å². The molecule has 1 saturated carbocycles. The van der Waals surface area contributed by atoms with Gasteiger partial charge in [-0.2, -0.15) is 0 Å². The summed E-state index contributed by atoms with van der Waals surface area (Å²) in [5, 5.41) is 2.70. The number of hydrogen-bond acceptors (Lipinski definition) is 5. The molecule has 1 aromatic rings. The Labute approximate surface area is 170 Å². The van der Waals surface area contributed by atoms with Crippen LogP contribution in [0.15, 0.2) is 24.3 Å². The lowest BCUT2D eigenvalue weighted by Gasteiger charge is -2.30. The summed E-state index contributed by atoms with van der Waals surface area (Å²) in [6, 6.07) is 6.89. The lowest BCUT2D eigenvalue weighted by atomic mass is 9.73. The molecule has 8 nitrogen and oxygen atoms in total. The summed E-state index contributed by atoms with van der Waals surface area (Å²) in [7, 11) is 3.01. The molecular formula is C21H27N3O5. The summed E-state index contributed by atoms with van der Waals surface area (Å²) in [6.45, 7) is -0.500. The van der Waals surface area contributed by atoms with Gasteiger partial charge in [0.1, 0.15) is 12.3 Å². The maximum atomic E-state index is 12.8. The molecule has 1 saturated heterocycles. The van der Waals surface area contributed by atoms with Crippen molar-refractivity contribution in [2.24, 2.45) is 5.41 Å². The molecule has 1 aliphatic carbocycles. The third-order valence-electron chi connectivity index (χ3n) is 5.75. The van der Waals surface area contributed by atoms with E-state index in [0.29, 0.717) is 24.3 Å². The monoisotopic (exact) mass is 401 g/mol. The molecule has 29 heavy (non-hydrogen) atoms. The van der Waals surface area contributed by atoms with Crippen LogP contribution in [0.3, 0.4) is 0 Å². The Morgan fingerprint density at radius 1 is 1.21 bits per heavy atom. The highest BCUT2D eigenvalue weighted by atomic mass is 16.5. The van der Waals surface area contributed by atoms with Crippen LogP contribution in [0.5, 0.6) is 5.75 Å². The van der Waals surface area contributed by atoms with Gasteiger partial charge in [0, 0.05) is 25.2 Å². The van der Waals surface area contributed by atoms with Crippen molar-refractivity contribution in [2.45, 2.75) is 38.5 Å². The predicted molar refractivity (Wildman–Crippen MR) is 106 cm³/mol. The van der Waals surface area contributed by atoms with E-state index in [-0.39, 0.29) is 37.2 Å². The average Bonchev–Trinajstić information content (AvgIpc) is 2.92. The Morgan fingerprint density at radius 3 is 2.62 bits per heavy atom. The second kappa shape index (κ2) is 8.63. The first-order chi connectivity index (χ1) is 13.8. The Bertz CT molecular complexity index is 816. The SMILES string of the molecule is COc1cccc(NC(=O)CN(C)C(=O)CN2C(=O)CC3(CCCCC3)C2=O)c1. The predicted octanol–water partition coefficient (Wildman–Crippen LogP) is 1.80. The smallest absolute Gasteiger partial charge is 0.243 e. The third kappa shape index (κ3) is 4.58. The van der Waals surface area contributed by atoms with E-state index >= 15 is 0 Å². The van der Waals surface area contributed by atoms with Gasteiger partial charge >= 0.3 is 0 Å². The van der Waals surface area contributed by atoms with Crippen molar-refractivity contribution in [1.82, 2.24) is 9.80 Å². The van der Waals surface area contributed by atoms with Crippen molar-refractivity contribution < 1.29 is 23.9 Å². The van der Waals surface area contributed by atoms with Crippen LogP contribution in [0.25, 0.3) is 0 Å². The van der Waals surface area contributed by atoms with Gasteiger partial charge in [-0.25, -0.2) is 0 Å². The van der Waals surface area contributed by atoms with Gasteiger partial charge in [0.15, 0.2) is 0 Å². The van der Waals surface area contributed by atoms with E-state index in [4.69, 9.17) is 4.74 Å². The van der Waals surface area contributed by atoms with Gasteiger partial charge in [0.2, 0.25) is 23.6 Å². The van der Waals surface area contributed by atoms with Gasteiger partial charge < -0.3 is 15.0 Å². The molecular weight excluding hydrogens is 374 g/mol. The van der Waals surface area contributed by atoms with Crippen LogP contribution < -0.4 is 10.1 Å².